The number of anilines is 2. The molecule has 0 saturated carbocycles. The first-order chi connectivity index (χ1) is 9.96. The number of halogens is 1. The molecule has 1 aromatic carbocycles. The Labute approximate surface area is 122 Å². The van der Waals surface area contributed by atoms with Gasteiger partial charge in [0, 0.05) is 18.7 Å². The number of carbonyl (C=O) groups excluding carboxylic acids is 2. The molecule has 0 radical (unpaired) electrons. The fourth-order valence-corrected chi connectivity index (χ4v) is 1.65. The highest BCUT2D eigenvalue weighted by molar-refractivity contribution is 5.92. The molecule has 0 aromatic heterocycles. The number of nitrogens with one attached hydrogen (secondary N) is 3. The van der Waals surface area contributed by atoms with E-state index >= 15 is 0 Å². The molecule has 0 fully saturated rings. The zero-order chi connectivity index (χ0) is 15.8. The molecule has 0 unspecified atom stereocenters. The minimum atomic E-state index is -0.591. The van der Waals surface area contributed by atoms with Gasteiger partial charge in [-0.1, -0.05) is 6.92 Å². The van der Waals surface area contributed by atoms with Gasteiger partial charge in [-0.2, -0.15) is 5.26 Å². The second-order valence-corrected chi connectivity index (χ2v) is 4.44. The largest absolute Gasteiger partial charge is 0.334 e. The van der Waals surface area contributed by atoms with Crippen molar-refractivity contribution in [1.82, 2.24) is 5.32 Å². The predicted octanol–water partition coefficient (Wildman–Crippen LogP) is 2.60. The summed E-state index contributed by atoms with van der Waals surface area (Å²) in [7, 11) is 0. The van der Waals surface area contributed by atoms with Crippen LogP contribution < -0.4 is 16.0 Å². The minimum absolute atomic E-state index is 0.00985. The van der Waals surface area contributed by atoms with Crippen molar-refractivity contribution in [3.8, 4) is 6.07 Å². The molecule has 0 spiro atoms. The minimum Gasteiger partial charge on any atom is -0.334 e. The molecule has 1 aromatic rings. The smallest absolute Gasteiger partial charge is 0.319 e. The topological polar surface area (TPSA) is 94.0 Å². The predicted molar refractivity (Wildman–Crippen MR) is 77.2 cm³/mol. The van der Waals surface area contributed by atoms with Crippen LogP contribution in [0.5, 0.6) is 0 Å². The van der Waals surface area contributed by atoms with Gasteiger partial charge in [0.1, 0.15) is 5.82 Å². The van der Waals surface area contributed by atoms with Crippen LogP contribution >= 0.6 is 0 Å². The van der Waals surface area contributed by atoms with E-state index in [9.17, 15) is 14.0 Å². The number of amides is 3. The maximum absolute atomic E-state index is 13.5. The molecule has 112 valence electrons. The van der Waals surface area contributed by atoms with Gasteiger partial charge >= 0.3 is 6.03 Å². The maximum Gasteiger partial charge on any atom is 0.319 e. The zero-order valence-electron chi connectivity index (χ0n) is 11.9. The van der Waals surface area contributed by atoms with Crippen molar-refractivity contribution < 1.29 is 14.0 Å². The second kappa shape index (κ2) is 7.85. The van der Waals surface area contributed by atoms with Crippen LogP contribution in [0.25, 0.3) is 0 Å². The highest BCUT2D eigenvalue weighted by Crippen LogP contribution is 2.19. The molecule has 3 amide bonds. The summed E-state index contributed by atoms with van der Waals surface area (Å²) in [5.74, 6) is -0.998. The van der Waals surface area contributed by atoms with E-state index in [0.29, 0.717) is 12.1 Å². The van der Waals surface area contributed by atoms with E-state index in [1.165, 1.54) is 19.1 Å². The van der Waals surface area contributed by atoms with Gasteiger partial charge in [0.2, 0.25) is 5.91 Å². The highest BCUT2D eigenvalue weighted by atomic mass is 19.1. The molecule has 0 aliphatic rings. The molecule has 0 heterocycles. The van der Waals surface area contributed by atoms with E-state index < -0.39 is 17.8 Å². The molecular formula is C14H17FN4O2. The summed E-state index contributed by atoms with van der Waals surface area (Å²) in [5.41, 5.74) is 0.328. The number of hydrogen-bond donors (Lipinski definition) is 3. The third-order valence-corrected chi connectivity index (χ3v) is 2.70. The lowest BCUT2D eigenvalue weighted by Crippen LogP contribution is -2.37. The molecule has 1 atom stereocenters. The normalized spacial score (nSPS) is 11.1. The number of nitriles is 1. The van der Waals surface area contributed by atoms with Crippen LogP contribution in [0, 0.1) is 17.1 Å². The fraction of sp³-hybridized carbons (Fsp3) is 0.357. The molecule has 1 rings (SSSR count). The van der Waals surface area contributed by atoms with Gasteiger partial charge in [0.15, 0.2) is 0 Å². The molecule has 7 heteroatoms. The zero-order valence-corrected chi connectivity index (χ0v) is 11.9. The van der Waals surface area contributed by atoms with Gasteiger partial charge in [-0.15, -0.1) is 0 Å². The summed E-state index contributed by atoms with van der Waals surface area (Å²) < 4.78 is 13.5. The molecule has 21 heavy (non-hydrogen) atoms. The number of rotatable bonds is 5. The summed E-state index contributed by atoms with van der Waals surface area (Å²) in [5, 5.41) is 16.1. The quantitative estimate of drug-likeness (QED) is 0.778. The fourth-order valence-electron chi connectivity index (χ4n) is 1.65. The summed E-state index contributed by atoms with van der Waals surface area (Å²) in [6.45, 7) is 3.12. The van der Waals surface area contributed by atoms with Crippen LogP contribution in [0.3, 0.4) is 0 Å². The SMILES string of the molecule is CC[C@H](CC#N)NC(=O)Nc1ccc(F)c(NC(C)=O)c1. The first-order valence-electron chi connectivity index (χ1n) is 6.47. The van der Waals surface area contributed by atoms with E-state index in [1.54, 1.807) is 0 Å². The first-order valence-corrected chi connectivity index (χ1v) is 6.47. The Morgan fingerprint density at radius 1 is 1.38 bits per heavy atom. The Bertz CT molecular complexity index is 569. The van der Waals surface area contributed by atoms with Crippen LogP contribution in [0.4, 0.5) is 20.6 Å². The van der Waals surface area contributed by atoms with Crippen LogP contribution in [0.2, 0.25) is 0 Å². The third kappa shape index (κ3) is 5.48. The van der Waals surface area contributed by atoms with Crippen LogP contribution in [0.15, 0.2) is 18.2 Å². The van der Waals surface area contributed by atoms with Crippen molar-refractivity contribution >= 4 is 23.3 Å². The van der Waals surface area contributed by atoms with Gasteiger partial charge in [0.05, 0.1) is 18.2 Å². The van der Waals surface area contributed by atoms with Crippen molar-refractivity contribution in [3.05, 3.63) is 24.0 Å². The third-order valence-electron chi connectivity index (χ3n) is 2.70. The molecule has 6 nitrogen and oxygen atoms in total. The Balaban J connectivity index is 2.72. The van der Waals surface area contributed by atoms with Gasteiger partial charge in [0.25, 0.3) is 0 Å². The summed E-state index contributed by atoms with van der Waals surface area (Å²) in [4.78, 5) is 22.7. The van der Waals surface area contributed by atoms with Gasteiger partial charge in [-0.05, 0) is 24.6 Å². The van der Waals surface area contributed by atoms with Gasteiger partial charge in [-0.25, -0.2) is 9.18 Å². The lowest BCUT2D eigenvalue weighted by Gasteiger charge is -2.15. The van der Waals surface area contributed by atoms with E-state index in [0.717, 1.165) is 6.07 Å². The van der Waals surface area contributed by atoms with Gasteiger partial charge < -0.3 is 16.0 Å². The van der Waals surface area contributed by atoms with Gasteiger partial charge in [-0.3, -0.25) is 4.79 Å². The van der Waals surface area contributed by atoms with E-state index in [2.05, 4.69) is 16.0 Å². The average molecular weight is 292 g/mol. The lowest BCUT2D eigenvalue weighted by molar-refractivity contribution is -0.114. The highest BCUT2D eigenvalue weighted by Gasteiger charge is 2.11. The molecule has 0 aliphatic heterocycles. The Hall–Kier alpha value is -2.62. The number of benzene rings is 1. The van der Waals surface area contributed by atoms with Crippen molar-refractivity contribution in [2.75, 3.05) is 10.6 Å². The van der Waals surface area contributed by atoms with E-state index in [-0.39, 0.29) is 18.2 Å². The second-order valence-electron chi connectivity index (χ2n) is 4.44. The maximum atomic E-state index is 13.5. The molecule has 3 N–H and O–H groups in total. The van der Waals surface area contributed by atoms with E-state index in [1.807, 2.05) is 13.0 Å². The van der Waals surface area contributed by atoms with Crippen LogP contribution in [0.1, 0.15) is 26.7 Å². The lowest BCUT2D eigenvalue weighted by atomic mass is 10.2. The molecule has 0 saturated heterocycles. The Morgan fingerprint density at radius 3 is 2.67 bits per heavy atom. The van der Waals surface area contributed by atoms with Crippen molar-refractivity contribution in [2.45, 2.75) is 32.7 Å². The summed E-state index contributed by atoms with van der Waals surface area (Å²) >= 11 is 0. The number of urea groups is 1. The standard InChI is InChI=1S/C14H17FN4O2/c1-3-10(6-7-16)18-14(21)19-11-4-5-12(15)13(8-11)17-9(2)20/h4-5,8,10H,3,6H2,1-2H3,(H,17,20)(H2,18,19,21)/t10-/m1/s1. The first kappa shape index (κ1) is 16.4. The molecule has 0 aliphatic carbocycles. The molecular weight excluding hydrogens is 275 g/mol. The van der Waals surface area contributed by atoms with Crippen LogP contribution in [-0.4, -0.2) is 18.0 Å². The van der Waals surface area contributed by atoms with Crippen LogP contribution in [-0.2, 0) is 4.79 Å². The summed E-state index contributed by atoms with van der Waals surface area (Å²) in [6.07, 6.45) is 0.839. The number of carbonyl (C=O) groups is 2. The Kier molecular flexibility index (Phi) is 6.14. The average Bonchev–Trinajstić information content (AvgIpc) is 2.41. The molecule has 0 bridgehead atoms. The Morgan fingerprint density at radius 2 is 2.10 bits per heavy atom. The van der Waals surface area contributed by atoms with Crippen molar-refractivity contribution in [3.63, 3.8) is 0 Å². The van der Waals surface area contributed by atoms with Crippen molar-refractivity contribution in [2.24, 2.45) is 0 Å². The van der Waals surface area contributed by atoms with Crippen molar-refractivity contribution in [1.29, 1.82) is 5.26 Å². The number of hydrogen-bond acceptors (Lipinski definition) is 3. The van der Waals surface area contributed by atoms with E-state index in [4.69, 9.17) is 5.26 Å². The summed E-state index contributed by atoms with van der Waals surface area (Å²) in [6, 6.07) is 5.10. The number of nitrogens with zero attached hydrogens (tertiary/aromatic N) is 1. The monoisotopic (exact) mass is 292 g/mol.